The zero-order valence-electron chi connectivity index (χ0n) is 10.5. The lowest BCUT2D eigenvalue weighted by Gasteiger charge is -2.50. The fourth-order valence-corrected chi connectivity index (χ4v) is 2.20. The fourth-order valence-electron chi connectivity index (χ4n) is 2.20. The van der Waals surface area contributed by atoms with Crippen LogP contribution < -0.4 is 5.73 Å². The summed E-state index contributed by atoms with van der Waals surface area (Å²) < 4.78 is 2.19. The van der Waals surface area contributed by atoms with Crippen LogP contribution in [0.25, 0.3) is 0 Å². The Labute approximate surface area is 97.4 Å². The second-order valence-electron chi connectivity index (χ2n) is 5.27. The predicted octanol–water partition coefficient (Wildman–Crippen LogP) is 0.861. The molecule has 0 aliphatic carbocycles. The van der Waals surface area contributed by atoms with Gasteiger partial charge in [0.05, 0.1) is 0 Å². The van der Waals surface area contributed by atoms with E-state index in [2.05, 4.69) is 28.3 Å². The van der Waals surface area contributed by atoms with Crippen molar-refractivity contribution in [1.29, 1.82) is 0 Å². The highest BCUT2D eigenvalue weighted by Crippen LogP contribution is 2.25. The summed E-state index contributed by atoms with van der Waals surface area (Å²) in [6.45, 7) is 10.6. The van der Waals surface area contributed by atoms with Crippen molar-refractivity contribution in [2.24, 2.45) is 11.7 Å². The van der Waals surface area contributed by atoms with E-state index < -0.39 is 0 Å². The van der Waals surface area contributed by atoms with Crippen LogP contribution in [-0.2, 0) is 6.54 Å². The van der Waals surface area contributed by atoms with Gasteiger partial charge in [0, 0.05) is 44.1 Å². The Hall–Kier alpha value is -0.870. The van der Waals surface area contributed by atoms with Crippen LogP contribution >= 0.6 is 0 Å². The van der Waals surface area contributed by atoms with E-state index in [-0.39, 0.29) is 5.54 Å². The Balaban J connectivity index is 1.77. The maximum Gasteiger partial charge on any atom is 0.105 e. The first kappa shape index (κ1) is 11.6. The Morgan fingerprint density at radius 2 is 2.12 bits per heavy atom. The number of aryl methyl sites for hydroxylation is 1. The first-order chi connectivity index (χ1) is 7.51. The minimum atomic E-state index is 0.0456. The van der Waals surface area contributed by atoms with Gasteiger partial charge in [-0.25, -0.2) is 4.98 Å². The second-order valence-corrected chi connectivity index (χ2v) is 5.27. The van der Waals surface area contributed by atoms with Gasteiger partial charge in [-0.2, -0.15) is 0 Å². The van der Waals surface area contributed by atoms with Crippen molar-refractivity contribution >= 4 is 0 Å². The molecule has 1 aromatic heterocycles. The molecule has 1 saturated heterocycles. The third-order valence-electron chi connectivity index (χ3n) is 3.77. The third kappa shape index (κ3) is 2.13. The standard InChI is InChI=1S/C12H22N4/c1-10(2)12(13)8-15(9-12)6-7-16-5-4-14-11(16)3/h4-5,10H,6-9,13H2,1-3H3. The number of imidazole rings is 1. The summed E-state index contributed by atoms with van der Waals surface area (Å²) in [6, 6.07) is 0. The summed E-state index contributed by atoms with van der Waals surface area (Å²) in [6.07, 6.45) is 3.89. The third-order valence-corrected chi connectivity index (χ3v) is 3.77. The van der Waals surface area contributed by atoms with Gasteiger partial charge < -0.3 is 10.3 Å². The maximum atomic E-state index is 6.25. The molecule has 1 aliphatic rings. The fraction of sp³-hybridized carbons (Fsp3) is 0.750. The topological polar surface area (TPSA) is 47.1 Å². The van der Waals surface area contributed by atoms with E-state index in [0.717, 1.165) is 32.0 Å². The lowest BCUT2D eigenvalue weighted by atomic mass is 9.80. The number of aromatic nitrogens is 2. The molecular weight excluding hydrogens is 200 g/mol. The van der Waals surface area contributed by atoms with Gasteiger partial charge in [0.25, 0.3) is 0 Å². The van der Waals surface area contributed by atoms with Crippen LogP contribution in [0.1, 0.15) is 19.7 Å². The minimum Gasteiger partial charge on any atom is -0.334 e. The van der Waals surface area contributed by atoms with Gasteiger partial charge in [-0.15, -0.1) is 0 Å². The van der Waals surface area contributed by atoms with Crippen molar-refractivity contribution in [3.05, 3.63) is 18.2 Å². The molecule has 1 fully saturated rings. The van der Waals surface area contributed by atoms with E-state index in [4.69, 9.17) is 5.73 Å². The Morgan fingerprint density at radius 1 is 1.44 bits per heavy atom. The number of rotatable bonds is 4. The van der Waals surface area contributed by atoms with Crippen LogP contribution in [0.4, 0.5) is 0 Å². The lowest BCUT2D eigenvalue weighted by Crippen LogP contribution is -2.70. The van der Waals surface area contributed by atoms with Gasteiger partial charge >= 0.3 is 0 Å². The van der Waals surface area contributed by atoms with Crippen LogP contribution in [0.3, 0.4) is 0 Å². The summed E-state index contributed by atoms with van der Waals surface area (Å²) in [5, 5.41) is 0. The van der Waals surface area contributed by atoms with E-state index in [9.17, 15) is 0 Å². The summed E-state index contributed by atoms with van der Waals surface area (Å²) in [5.41, 5.74) is 6.30. The lowest BCUT2D eigenvalue weighted by molar-refractivity contribution is 0.0352. The summed E-state index contributed by atoms with van der Waals surface area (Å²) in [4.78, 5) is 6.63. The van der Waals surface area contributed by atoms with Gasteiger partial charge in [0.15, 0.2) is 0 Å². The first-order valence-corrected chi connectivity index (χ1v) is 6.00. The molecule has 0 atom stereocenters. The number of hydrogen-bond donors (Lipinski definition) is 1. The van der Waals surface area contributed by atoms with E-state index in [1.165, 1.54) is 0 Å². The second kappa shape index (κ2) is 4.18. The molecule has 2 rings (SSSR count). The molecular formula is C12H22N4. The van der Waals surface area contributed by atoms with Gasteiger partial charge in [0.2, 0.25) is 0 Å². The van der Waals surface area contributed by atoms with E-state index >= 15 is 0 Å². The number of hydrogen-bond acceptors (Lipinski definition) is 3. The summed E-state index contributed by atoms with van der Waals surface area (Å²) in [7, 11) is 0. The summed E-state index contributed by atoms with van der Waals surface area (Å²) in [5.74, 6) is 1.65. The smallest absolute Gasteiger partial charge is 0.105 e. The summed E-state index contributed by atoms with van der Waals surface area (Å²) >= 11 is 0. The Kier molecular flexibility index (Phi) is 3.04. The molecule has 0 bridgehead atoms. The van der Waals surface area contributed by atoms with Gasteiger partial charge in [-0.1, -0.05) is 13.8 Å². The molecule has 1 aliphatic heterocycles. The van der Waals surface area contributed by atoms with E-state index in [1.54, 1.807) is 0 Å². The number of likely N-dealkylation sites (tertiary alicyclic amines) is 1. The van der Waals surface area contributed by atoms with Gasteiger partial charge in [-0.3, -0.25) is 4.90 Å². The van der Waals surface area contributed by atoms with Crippen LogP contribution in [0, 0.1) is 12.8 Å². The molecule has 4 nitrogen and oxygen atoms in total. The van der Waals surface area contributed by atoms with Crippen molar-refractivity contribution in [3.8, 4) is 0 Å². The quantitative estimate of drug-likeness (QED) is 0.822. The maximum absolute atomic E-state index is 6.25. The highest BCUT2D eigenvalue weighted by molar-refractivity contribution is 5.02. The van der Waals surface area contributed by atoms with Crippen LogP contribution in [0.5, 0.6) is 0 Å². The molecule has 0 aromatic carbocycles. The normalized spacial score (nSPS) is 20.1. The van der Waals surface area contributed by atoms with Crippen molar-refractivity contribution in [2.45, 2.75) is 32.9 Å². The van der Waals surface area contributed by atoms with Gasteiger partial charge in [-0.05, 0) is 12.8 Å². The zero-order chi connectivity index (χ0) is 11.8. The predicted molar refractivity (Wildman–Crippen MR) is 65.2 cm³/mol. The van der Waals surface area contributed by atoms with E-state index in [0.29, 0.717) is 5.92 Å². The van der Waals surface area contributed by atoms with E-state index in [1.807, 2.05) is 19.3 Å². The minimum absolute atomic E-state index is 0.0456. The molecule has 16 heavy (non-hydrogen) atoms. The number of nitrogens with two attached hydrogens (primary N) is 1. The molecule has 2 N–H and O–H groups in total. The first-order valence-electron chi connectivity index (χ1n) is 6.00. The van der Waals surface area contributed by atoms with Crippen molar-refractivity contribution in [2.75, 3.05) is 19.6 Å². The molecule has 2 heterocycles. The molecule has 0 amide bonds. The van der Waals surface area contributed by atoms with Crippen LogP contribution in [0.2, 0.25) is 0 Å². The Bertz CT molecular complexity index is 350. The SMILES string of the molecule is Cc1nccn1CCN1CC(N)(C(C)C)C1. The molecule has 0 unspecified atom stereocenters. The largest absolute Gasteiger partial charge is 0.334 e. The molecule has 90 valence electrons. The number of nitrogens with zero attached hydrogens (tertiary/aromatic N) is 3. The van der Waals surface area contributed by atoms with Crippen LogP contribution in [-0.4, -0.2) is 39.6 Å². The monoisotopic (exact) mass is 222 g/mol. The molecule has 4 heteroatoms. The van der Waals surface area contributed by atoms with Crippen LogP contribution in [0.15, 0.2) is 12.4 Å². The Morgan fingerprint density at radius 3 is 2.62 bits per heavy atom. The average molecular weight is 222 g/mol. The molecule has 0 saturated carbocycles. The molecule has 0 radical (unpaired) electrons. The molecule has 1 aromatic rings. The molecule has 0 spiro atoms. The average Bonchev–Trinajstić information content (AvgIpc) is 2.56. The van der Waals surface area contributed by atoms with Crippen molar-refractivity contribution < 1.29 is 0 Å². The highest BCUT2D eigenvalue weighted by atomic mass is 15.3. The van der Waals surface area contributed by atoms with Crippen molar-refractivity contribution in [1.82, 2.24) is 14.5 Å². The van der Waals surface area contributed by atoms with Gasteiger partial charge in [0.1, 0.15) is 5.82 Å². The van der Waals surface area contributed by atoms with Crippen molar-refractivity contribution in [3.63, 3.8) is 0 Å². The zero-order valence-corrected chi connectivity index (χ0v) is 10.5. The highest BCUT2D eigenvalue weighted by Gasteiger charge is 2.41.